The first-order valence-corrected chi connectivity index (χ1v) is 10.4. The zero-order valence-electron chi connectivity index (χ0n) is 16.4. The third-order valence-electron chi connectivity index (χ3n) is 5.84. The van der Waals surface area contributed by atoms with Crippen molar-refractivity contribution >= 4 is 39.4 Å². The van der Waals surface area contributed by atoms with Gasteiger partial charge in [0.2, 0.25) is 0 Å². The van der Waals surface area contributed by atoms with Crippen molar-refractivity contribution in [3.63, 3.8) is 0 Å². The quantitative estimate of drug-likeness (QED) is 0.666. The molecule has 29 heavy (non-hydrogen) atoms. The zero-order chi connectivity index (χ0) is 20.0. The van der Waals surface area contributed by atoms with Gasteiger partial charge in [-0.15, -0.1) is 0 Å². The van der Waals surface area contributed by atoms with Crippen LogP contribution >= 0.6 is 11.8 Å². The third-order valence-corrected chi connectivity index (χ3v) is 6.81. The molecular formula is C21H22N4O3S. The number of H-pyrrole nitrogens is 1. The number of thioether (sulfide) groups is 1. The molecule has 1 aromatic carbocycles. The van der Waals surface area contributed by atoms with Gasteiger partial charge in [0.15, 0.2) is 5.12 Å². The second-order valence-electron chi connectivity index (χ2n) is 7.62. The minimum atomic E-state index is -0.339. The second kappa shape index (κ2) is 7.12. The molecule has 0 saturated carbocycles. The fraction of sp³-hybridized carbons (Fsp3) is 0.381. The number of hydrogen-bond acceptors (Lipinski definition) is 7. The molecule has 0 amide bonds. The number of aromatic amines is 1. The average Bonchev–Trinajstić information content (AvgIpc) is 3.27. The van der Waals surface area contributed by atoms with Crippen LogP contribution in [0.4, 0.5) is 11.5 Å². The van der Waals surface area contributed by atoms with Crippen molar-refractivity contribution in [2.45, 2.75) is 36.2 Å². The molecule has 1 atom stereocenters. The number of aromatic nitrogens is 3. The lowest BCUT2D eigenvalue weighted by atomic mass is 9.83. The normalized spacial score (nSPS) is 20.7. The largest absolute Gasteiger partial charge is 0.382 e. The Morgan fingerprint density at radius 1 is 1.31 bits per heavy atom. The van der Waals surface area contributed by atoms with Gasteiger partial charge in [0.25, 0.3) is 0 Å². The van der Waals surface area contributed by atoms with E-state index in [1.165, 1.54) is 23.0 Å². The van der Waals surface area contributed by atoms with E-state index < -0.39 is 0 Å². The molecule has 1 aliphatic carbocycles. The summed E-state index contributed by atoms with van der Waals surface area (Å²) in [4.78, 5) is 25.2. The van der Waals surface area contributed by atoms with Gasteiger partial charge in [-0.25, -0.2) is 9.97 Å². The minimum Gasteiger partial charge on any atom is -0.382 e. The molecule has 0 spiro atoms. The lowest BCUT2D eigenvalue weighted by molar-refractivity contribution is -0.110. The maximum Gasteiger partial charge on any atom is 0.198 e. The third kappa shape index (κ3) is 3.21. The van der Waals surface area contributed by atoms with Crippen LogP contribution in [-0.2, 0) is 33.5 Å². The molecule has 2 aromatic heterocycles. The van der Waals surface area contributed by atoms with Crippen molar-refractivity contribution < 1.29 is 14.3 Å². The number of fused-ring (bicyclic) bond motifs is 4. The number of rotatable bonds is 5. The number of anilines is 2. The van der Waals surface area contributed by atoms with Crippen LogP contribution in [0.1, 0.15) is 23.2 Å². The van der Waals surface area contributed by atoms with E-state index in [9.17, 15) is 4.79 Å². The maximum atomic E-state index is 11.7. The van der Waals surface area contributed by atoms with Crippen molar-refractivity contribution in [1.82, 2.24) is 15.0 Å². The summed E-state index contributed by atoms with van der Waals surface area (Å²) in [6.45, 7) is 0.544. The van der Waals surface area contributed by atoms with Crippen LogP contribution in [0.25, 0.3) is 11.0 Å². The summed E-state index contributed by atoms with van der Waals surface area (Å²) >= 11 is 1.30. The molecule has 0 bridgehead atoms. The number of carbonyl (C=O) groups excluding carboxylic acids is 1. The topological polar surface area (TPSA) is 89.1 Å². The van der Waals surface area contributed by atoms with Gasteiger partial charge in [0.05, 0.1) is 17.6 Å². The molecule has 5 rings (SSSR count). The number of ether oxygens (including phenoxy) is 2. The Hall–Kier alpha value is -2.42. The lowest BCUT2D eigenvalue weighted by Gasteiger charge is -2.35. The number of carbonyl (C=O) groups is 1. The van der Waals surface area contributed by atoms with Crippen LogP contribution in [0.3, 0.4) is 0 Å². The van der Waals surface area contributed by atoms with Crippen molar-refractivity contribution in [2.75, 3.05) is 26.1 Å². The molecule has 8 heteroatoms. The predicted octanol–water partition coefficient (Wildman–Crippen LogP) is 3.40. The molecule has 2 N–H and O–H groups in total. The van der Waals surface area contributed by atoms with Gasteiger partial charge in [-0.2, -0.15) is 0 Å². The van der Waals surface area contributed by atoms with Crippen molar-refractivity contribution in [2.24, 2.45) is 0 Å². The first kappa shape index (κ1) is 18.6. The summed E-state index contributed by atoms with van der Waals surface area (Å²) in [6.07, 6.45) is 4.57. The van der Waals surface area contributed by atoms with Gasteiger partial charge in [0.1, 0.15) is 17.8 Å². The minimum absolute atomic E-state index is 0.190. The van der Waals surface area contributed by atoms with Crippen LogP contribution in [-0.4, -0.2) is 46.5 Å². The zero-order valence-corrected chi connectivity index (χ0v) is 17.2. The molecule has 1 unspecified atom stereocenters. The van der Waals surface area contributed by atoms with Gasteiger partial charge in [-0.05, 0) is 36.1 Å². The monoisotopic (exact) mass is 410 g/mol. The van der Waals surface area contributed by atoms with Gasteiger partial charge in [0, 0.05) is 43.3 Å². The highest BCUT2D eigenvalue weighted by atomic mass is 32.2. The summed E-state index contributed by atoms with van der Waals surface area (Å²) in [6, 6.07) is 6.02. The van der Waals surface area contributed by atoms with Crippen molar-refractivity contribution in [1.29, 1.82) is 0 Å². The van der Waals surface area contributed by atoms with E-state index in [1.807, 2.05) is 18.2 Å². The van der Waals surface area contributed by atoms with Gasteiger partial charge >= 0.3 is 0 Å². The highest BCUT2D eigenvalue weighted by molar-refractivity contribution is 8.14. The van der Waals surface area contributed by atoms with E-state index >= 15 is 0 Å². The Morgan fingerprint density at radius 3 is 3.03 bits per heavy atom. The number of aryl methyl sites for hydroxylation is 1. The van der Waals surface area contributed by atoms with E-state index in [0.717, 1.165) is 52.3 Å². The SMILES string of the molecule is COCC1(OC)CCc2[nH]c3ncnc(Nc4ccc5c(c4)SC(=O)C5)c3c2C1. The molecular weight excluding hydrogens is 388 g/mol. The van der Waals surface area contributed by atoms with Crippen LogP contribution in [0.15, 0.2) is 29.4 Å². The number of benzene rings is 1. The van der Waals surface area contributed by atoms with Crippen molar-refractivity contribution in [3.05, 3.63) is 41.3 Å². The van der Waals surface area contributed by atoms with Crippen LogP contribution in [0.2, 0.25) is 0 Å². The summed E-state index contributed by atoms with van der Waals surface area (Å²) < 4.78 is 11.3. The Morgan fingerprint density at radius 2 is 2.21 bits per heavy atom. The number of hydrogen-bond donors (Lipinski definition) is 2. The maximum absolute atomic E-state index is 11.7. The molecule has 3 heterocycles. The molecule has 7 nitrogen and oxygen atoms in total. The number of nitrogens with zero attached hydrogens (tertiary/aromatic N) is 2. The van der Waals surface area contributed by atoms with Crippen LogP contribution in [0.5, 0.6) is 0 Å². The average molecular weight is 410 g/mol. The molecule has 0 fully saturated rings. The van der Waals surface area contributed by atoms with Crippen LogP contribution in [0, 0.1) is 0 Å². The highest BCUT2D eigenvalue weighted by Crippen LogP contribution is 2.39. The first-order chi connectivity index (χ1) is 14.1. The summed E-state index contributed by atoms with van der Waals surface area (Å²) in [5.41, 5.74) is 4.84. The Labute approximate surface area is 172 Å². The molecule has 0 saturated heterocycles. The smallest absolute Gasteiger partial charge is 0.198 e. The molecule has 0 radical (unpaired) electrons. The Kier molecular flexibility index (Phi) is 4.57. The molecule has 150 valence electrons. The van der Waals surface area contributed by atoms with Crippen molar-refractivity contribution in [3.8, 4) is 0 Å². The van der Waals surface area contributed by atoms with E-state index in [0.29, 0.717) is 13.0 Å². The summed E-state index contributed by atoms with van der Waals surface area (Å²) in [5.74, 6) is 0.756. The summed E-state index contributed by atoms with van der Waals surface area (Å²) in [7, 11) is 3.45. The standard InChI is InChI=1S/C21H22N4O3S/c1-27-10-21(28-2)6-5-15-14(9-21)18-19(22-11-23-20(18)25-15)24-13-4-3-12-7-17(26)29-16(12)8-13/h3-4,8,11H,5-7,9-10H2,1-2H3,(H2,22,23,24,25). The highest BCUT2D eigenvalue weighted by Gasteiger charge is 2.37. The second-order valence-corrected chi connectivity index (χ2v) is 8.72. The van der Waals surface area contributed by atoms with E-state index in [1.54, 1.807) is 20.5 Å². The van der Waals surface area contributed by atoms with E-state index in [4.69, 9.17) is 9.47 Å². The fourth-order valence-electron chi connectivity index (χ4n) is 4.35. The first-order valence-electron chi connectivity index (χ1n) is 9.60. The number of nitrogens with one attached hydrogen (secondary N) is 2. The van der Waals surface area contributed by atoms with E-state index in [-0.39, 0.29) is 10.7 Å². The molecule has 1 aliphatic heterocycles. The van der Waals surface area contributed by atoms with Gasteiger partial charge in [-0.1, -0.05) is 17.8 Å². The Bertz CT molecular complexity index is 1110. The van der Waals surface area contributed by atoms with Gasteiger partial charge in [-0.3, -0.25) is 4.79 Å². The number of methoxy groups -OCH3 is 2. The molecule has 2 aliphatic rings. The Balaban J connectivity index is 1.54. The van der Waals surface area contributed by atoms with E-state index in [2.05, 4.69) is 20.3 Å². The summed E-state index contributed by atoms with van der Waals surface area (Å²) in [5, 5.41) is 4.62. The van der Waals surface area contributed by atoms with Gasteiger partial charge < -0.3 is 19.8 Å². The lowest BCUT2D eigenvalue weighted by Crippen LogP contribution is -2.42. The predicted molar refractivity (Wildman–Crippen MR) is 112 cm³/mol. The fourth-order valence-corrected chi connectivity index (χ4v) is 5.28. The molecule has 3 aromatic rings. The van der Waals surface area contributed by atoms with Crippen LogP contribution < -0.4 is 5.32 Å².